The molecule has 24 heavy (non-hydrogen) atoms. The van der Waals surface area contributed by atoms with Crippen LogP contribution in [0.5, 0.6) is 0 Å². The molecule has 4 nitrogen and oxygen atoms in total. The first-order valence-corrected chi connectivity index (χ1v) is 8.15. The minimum Gasteiger partial charge on any atom is -0.468 e. The molecule has 1 N–H and O–H groups in total. The van der Waals surface area contributed by atoms with Crippen molar-refractivity contribution in [3.63, 3.8) is 0 Å². The van der Waals surface area contributed by atoms with Gasteiger partial charge in [-0.25, -0.2) is 8.78 Å². The van der Waals surface area contributed by atoms with Gasteiger partial charge in [-0.3, -0.25) is 9.69 Å². The highest BCUT2D eigenvalue weighted by Gasteiger charge is 2.25. The number of nitrogens with one attached hydrogen (secondary N) is 1. The number of halogens is 2. The highest BCUT2D eigenvalue weighted by atomic mass is 19.1. The summed E-state index contributed by atoms with van der Waals surface area (Å²) in [6.07, 6.45) is 5.03. The molecule has 0 spiro atoms. The van der Waals surface area contributed by atoms with E-state index in [0.717, 1.165) is 49.9 Å². The largest absolute Gasteiger partial charge is 0.468 e. The third kappa shape index (κ3) is 4.00. The number of carbonyl (C=O) groups excluding carboxylic acids is 1. The zero-order valence-corrected chi connectivity index (χ0v) is 13.3. The Labute approximate surface area is 139 Å². The summed E-state index contributed by atoms with van der Waals surface area (Å²) in [4.78, 5) is 14.5. The Morgan fingerprint density at radius 2 is 1.88 bits per heavy atom. The monoisotopic (exact) mass is 334 g/mol. The van der Waals surface area contributed by atoms with Gasteiger partial charge >= 0.3 is 0 Å². The maximum atomic E-state index is 13.3. The molecule has 2 heterocycles. The smallest absolute Gasteiger partial charge is 0.251 e. The molecule has 128 valence electrons. The second kappa shape index (κ2) is 7.57. The number of rotatable bonds is 5. The maximum Gasteiger partial charge on any atom is 0.251 e. The molecular weight excluding hydrogens is 314 g/mol. The van der Waals surface area contributed by atoms with Crippen LogP contribution in [-0.2, 0) is 0 Å². The van der Waals surface area contributed by atoms with Crippen molar-refractivity contribution < 1.29 is 18.0 Å². The molecule has 1 atom stereocenters. The fourth-order valence-corrected chi connectivity index (χ4v) is 3.10. The van der Waals surface area contributed by atoms with E-state index in [1.807, 2.05) is 12.1 Å². The van der Waals surface area contributed by atoms with Crippen LogP contribution in [0.15, 0.2) is 41.0 Å². The number of furan rings is 1. The second-order valence-electron chi connectivity index (χ2n) is 6.00. The lowest BCUT2D eigenvalue weighted by Gasteiger charge is -2.33. The molecule has 1 saturated heterocycles. The van der Waals surface area contributed by atoms with E-state index in [9.17, 15) is 13.6 Å². The van der Waals surface area contributed by atoms with Gasteiger partial charge in [0.15, 0.2) is 0 Å². The predicted molar refractivity (Wildman–Crippen MR) is 85.6 cm³/mol. The van der Waals surface area contributed by atoms with Crippen molar-refractivity contribution in [3.05, 3.63) is 59.6 Å². The number of piperidine rings is 1. The highest BCUT2D eigenvalue weighted by molar-refractivity contribution is 5.94. The third-order valence-electron chi connectivity index (χ3n) is 4.28. The van der Waals surface area contributed by atoms with Gasteiger partial charge in [-0.2, -0.15) is 0 Å². The number of hydrogen-bond donors (Lipinski definition) is 1. The quantitative estimate of drug-likeness (QED) is 0.910. The van der Waals surface area contributed by atoms with Crippen LogP contribution < -0.4 is 5.32 Å². The van der Waals surface area contributed by atoms with Crippen molar-refractivity contribution in [3.8, 4) is 0 Å². The summed E-state index contributed by atoms with van der Waals surface area (Å²) in [6.45, 7) is 2.20. The van der Waals surface area contributed by atoms with E-state index in [-0.39, 0.29) is 11.6 Å². The first-order valence-electron chi connectivity index (χ1n) is 8.15. The number of nitrogens with zero attached hydrogens (tertiary/aromatic N) is 1. The van der Waals surface area contributed by atoms with E-state index in [2.05, 4.69) is 10.2 Å². The number of benzene rings is 1. The minimum atomic E-state index is -0.765. The Balaban J connectivity index is 1.69. The molecule has 1 aliphatic rings. The lowest BCUT2D eigenvalue weighted by Crippen LogP contribution is -2.40. The summed E-state index contributed by atoms with van der Waals surface area (Å²) in [5.41, 5.74) is -0.0238. The second-order valence-corrected chi connectivity index (χ2v) is 6.00. The molecule has 1 aromatic heterocycles. The SMILES string of the molecule is O=C(NCC(c1ccco1)N1CCCCC1)c1cc(F)cc(F)c1. The van der Waals surface area contributed by atoms with Crippen LogP contribution >= 0.6 is 0 Å². The summed E-state index contributed by atoms with van der Waals surface area (Å²) in [6, 6.07) is 6.42. The molecule has 3 rings (SSSR count). The average Bonchev–Trinajstić information content (AvgIpc) is 3.09. The topological polar surface area (TPSA) is 45.5 Å². The van der Waals surface area contributed by atoms with Gasteiger partial charge < -0.3 is 9.73 Å². The molecule has 1 aromatic carbocycles. The Bertz CT molecular complexity index is 662. The number of hydrogen-bond acceptors (Lipinski definition) is 3. The van der Waals surface area contributed by atoms with Crippen LogP contribution in [0.2, 0.25) is 0 Å². The van der Waals surface area contributed by atoms with Crippen LogP contribution in [0, 0.1) is 11.6 Å². The van der Waals surface area contributed by atoms with Crippen LogP contribution in [0.3, 0.4) is 0 Å². The first-order chi connectivity index (χ1) is 11.6. The van der Waals surface area contributed by atoms with Gasteiger partial charge in [0.25, 0.3) is 5.91 Å². The summed E-state index contributed by atoms with van der Waals surface area (Å²) in [5, 5.41) is 2.77. The number of carbonyl (C=O) groups is 1. The lowest BCUT2D eigenvalue weighted by atomic mass is 10.1. The van der Waals surface area contributed by atoms with Gasteiger partial charge in [-0.05, 0) is 50.2 Å². The van der Waals surface area contributed by atoms with E-state index >= 15 is 0 Å². The predicted octanol–water partition coefficient (Wildman–Crippen LogP) is 3.51. The Morgan fingerprint density at radius 1 is 1.17 bits per heavy atom. The van der Waals surface area contributed by atoms with E-state index < -0.39 is 17.5 Å². The van der Waals surface area contributed by atoms with Crippen molar-refractivity contribution in [1.82, 2.24) is 10.2 Å². The van der Waals surface area contributed by atoms with Gasteiger partial charge in [-0.15, -0.1) is 0 Å². The lowest BCUT2D eigenvalue weighted by molar-refractivity contribution is 0.0913. The average molecular weight is 334 g/mol. The van der Waals surface area contributed by atoms with Gasteiger partial charge in [0.1, 0.15) is 17.4 Å². The number of likely N-dealkylation sites (tertiary alicyclic amines) is 1. The molecule has 0 bridgehead atoms. The van der Waals surface area contributed by atoms with Gasteiger partial charge in [0.2, 0.25) is 0 Å². The van der Waals surface area contributed by atoms with Crippen LogP contribution in [0.1, 0.15) is 41.4 Å². The number of amides is 1. The Morgan fingerprint density at radius 3 is 2.50 bits per heavy atom. The Kier molecular flexibility index (Phi) is 5.25. The standard InChI is InChI=1S/C18H20F2N2O2/c19-14-9-13(10-15(20)11-14)18(23)21-12-16(17-5-4-8-24-17)22-6-2-1-3-7-22/h4-5,8-11,16H,1-3,6-7,12H2,(H,21,23). The van der Waals surface area contributed by atoms with E-state index in [0.29, 0.717) is 6.54 Å². The summed E-state index contributed by atoms with van der Waals surface area (Å²) < 4.78 is 32.0. The molecule has 2 aromatic rings. The molecule has 0 radical (unpaired) electrons. The van der Waals surface area contributed by atoms with Crippen molar-refractivity contribution >= 4 is 5.91 Å². The molecule has 1 aliphatic heterocycles. The van der Waals surface area contributed by atoms with Crippen LogP contribution in [0.25, 0.3) is 0 Å². The molecular formula is C18H20F2N2O2. The van der Waals surface area contributed by atoms with Crippen molar-refractivity contribution in [2.45, 2.75) is 25.3 Å². The summed E-state index contributed by atoms with van der Waals surface area (Å²) in [7, 11) is 0. The van der Waals surface area contributed by atoms with Crippen LogP contribution in [0.4, 0.5) is 8.78 Å². The minimum absolute atomic E-state index is 0.0238. The van der Waals surface area contributed by atoms with Gasteiger partial charge in [0, 0.05) is 18.2 Å². The Hall–Kier alpha value is -2.21. The van der Waals surface area contributed by atoms with E-state index in [4.69, 9.17) is 4.42 Å². The molecule has 0 aliphatic carbocycles. The molecule has 1 fully saturated rings. The molecule has 6 heteroatoms. The zero-order valence-electron chi connectivity index (χ0n) is 13.3. The zero-order chi connectivity index (χ0) is 16.9. The molecule has 0 saturated carbocycles. The summed E-state index contributed by atoms with van der Waals surface area (Å²) in [5.74, 6) is -1.25. The first kappa shape index (κ1) is 16.6. The van der Waals surface area contributed by atoms with Crippen molar-refractivity contribution in [2.24, 2.45) is 0 Å². The fourth-order valence-electron chi connectivity index (χ4n) is 3.10. The van der Waals surface area contributed by atoms with Crippen molar-refractivity contribution in [1.29, 1.82) is 0 Å². The van der Waals surface area contributed by atoms with Crippen molar-refractivity contribution in [2.75, 3.05) is 19.6 Å². The van der Waals surface area contributed by atoms with Gasteiger partial charge in [0.05, 0.1) is 12.3 Å². The molecule has 1 amide bonds. The van der Waals surface area contributed by atoms with Crippen LogP contribution in [-0.4, -0.2) is 30.4 Å². The van der Waals surface area contributed by atoms with E-state index in [1.54, 1.807) is 6.26 Å². The maximum absolute atomic E-state index is 13.3. The summed E-state index contributed by atoms with van der Waals surface area (Å²) >= 11 is 0. The highest BCUT2D eigenvalue weighted by Crippen LogP contribution is 2.24. The normalized spacial score (nSPS) is 16.8. The molecule has 1 unspecified atom stereocenters. The third-order valence-corrected chi connectivity index (χ3v) is 4.28. The van der Waals surface area contributed by atoms with Gasteiger partial charge in [-0.1, -0.05) is 6.42 Å². The fraction of sp³-hybridized carbons (Fsp3) is 0.389. The van der Waals surface area contributed by atoms with E-state index in [1.165, 1.54) is 6.42 Å².